The van der Waals surface area contributed by atoms with Gasteiger partial charge in [0.15, 0.2) is 5.78 Å². The summed E-state index contributed by atoms with van der Waals surface area (Å²) in [6.07, 6.45) is 3.65. The Morgan fingerprint density at radius 3 is 2.57 bits per heavy atom. The lowest BCUT2D eigenvalue weighted by Gasteiger charge is -2.13. The van der Waals surface area contributed by atoms with E-state index in [1.165, 1.54) is 23.9 Å². The summed E-state index contributed by atoms with van der Waals surface area (Å²) in [5, 5.41) is 0. The van der Waals surface area contributed by atoms with Gasteiger partial charge in [-0.3, -0.25) is 9.59 Å². The summed E-state index contributed by atoms with van der Waals surface area (Å²) in [5.74, 6) is -0.152. The van der Waals surface area contributed by atoms with Gasteiger partial charge in [0.25, 0.3) is 5.91 Å². The second-order valence-electron chi connectivity index (χ2n) is 5.47. The first-order valence-electron chi connectivity index (χ1n) is 7.53. The van der Waals surface area contributed by atoms with Crippen LogP contribution in [-0.4, -0.2) is 40.4 Å². The van der Waals surface area contributed by atoms with Crippen LogP contribution in [0.3, 0.4) is 0 Å². The van der Waals surface area contributed by atoms with E-state index in [2.05, 4.69) is 4.98 Å². The molecule has 0 saturated carbocycles. The number of ketones is 1. The van der Waals surface area contributed by atoms with Gasteiger partial charge in [-0.25, -0.2) is 4.39 Å². The fourth-order valence-electron chi connectivity index (χ4n) is 2.53. The van der Waals surface area contributed by atoms with Crippen LogP contribution in [0.1, 0.15) is 33.7 Å². The summed E-state index contributed by atoms with van der Waals surface area (Å²) in [7, 11) is 0. The molecule has 2 heterocycles. The molecule has 2 aromatic rings. The number of benzene rings is 1. The number of aromatic nitrogens is 1. The van der Waals surface area contributed by atoms with Crippen LogP contribution in [0, 0.1) is 5.82 Å². The van der Waals surface area contributed by atoms with E-state index in [1.54, 1.807) is 29.3 Å². The average molecular weight is 332 g/mol. The van der Waals surface area contributed by atoms with Gasteiger partial charge in [-0.15, -0.1) is 11.8 Å². The molecule has 23 heavy (non-hydrogen) atoms. The minimum absolute atomic E-state index is 0.0484. The summed E-state index contributed by atoms with van der Waals surface area (Å²) in [4.78, 5) is 30.0. The molecule has 4 nitrogen and oxygen atoms in total. The molecule has 1 N–H and O–H groups in total. The number of nitrogens with one attached hydrogen (secondary N) is 1. The van der Waals surface area contributed by atoms with Crippen LogP contribution in [0.25, 0.3) is 0 Å². The predicted octanol–water partition coefficient (Wildman–Crippen LogP) is 3.36. The molecule has 3 rings (SSSR count). The lowest BCUT2D eigenvalue weighted by molar-refractivity contribution is 0.0787. The first-order chi connectivity index (χ1) is 11.1. The Labute approximate surface area is 138 Å². The van der Waals surface area contributed by atoms with Crippen LogP contribution < -0.4 is 0 Å². The number of Topliss-reactive ketones (excluding diaryl/α,β-unsaturated/α-hetero) is 1. The zero-order valence-corrected chi connectivity index (χ0v) is 13.4. The van der Waals surface area contributed by atoms with Crippen LogP contribution in [-0.2, 0) is 0 Å². The molecule has 1 aliphatic rings. The highest BCUT2D eigenvalue weighted by Gasteiger charge is 2.21. The minimum Gasteiger partial charge on any atom is -0.356 e. The molecule has 1 aromatic heterocycles. The fourth-order valence-corrected chi connectivity index (χ4v) is 3.33. The van der Waals surface area contributed by atoms with Crippen molar-refractivity contribution in [3.63, 3.8) is 0 Å². The number of hydrogen-bond acceptors (Lipinski definition) is 3. The maximum atomic E-state index is 12.8. The van der Waals surface area contributed by atoms with E-state index in [0.29, 0.717) is 11.3 Å². The van der Waals surface area contributed by atoms with E-state index in [0.717, 1.165) is 30.8 Å². The Morgan fingerprint density at radius 2 is 1.87 bits per heavy atom. The number of likely N-dealkylation sites (tertiary alicyclic amines) is 1. The smallest absolute Gasteiger partial charge is 0.270 e. The Bertz CT molecular complexity index is 706. The van der Waals surface area contributed by atoms with E-state index in [9.17, 15) is 14.0 Å². The van der Waals surface area contributed by atoms with Gasteiger partial charge >= 0.3 is 0 Å². The van der Waals surface area contributed by atoms with Crippen molar-refractivity contribution in [3.05, 3.63) is 53.6 Å². The lowest BCUT2D eigenvalue weighted by Crippen LogP contribution is -2.27. The predicted molar refractivity (Wildman–Crippen MR) is 87.4 cm³/mol. The van der Waals surface area contributed by atoms with E-state index < -0.39 is 0 Å². The third-order valence-electron chi connectivity index (χ3n) is 3.81. The summed E-state index contributed by atoms with van der Waals surface area (Å²) in [6.45, 7) is 1.56. The maximum Gasteiger partial charge on any atom is 0.270 e. The SMILES string of the molecule is O=C(CSc1ccc(F)cc1)c1c[nH]c(C(=O)N2CCCC2)c1. The summed E-state index contributed by atoms with van der Waals surface area (Å²) < 4.78 is 12.8. The molecule has 0 radical (unpaired) electrons. The van der Waals surface area contributed by atoms with Crippen molar-refractivity contribution in [1.82, 2.24) is 9.88 Å². The van der Waals surface area contributed by atoms with Crippen LogP contribution >= 0.6 is 11.8 Å². The van der Waals surface area contributed by atoms with Gasteiger partial charge < -0.3 is 9.88 Å². The molecule has 120 valence electrons. The normalized spacial score (nSPS) is 14.2. The van der Waals surface area contributed by atoms with Gasteiger partial charge in [0.05, 0.1) is 5.75 Å². The third kappa shape index (κ3) is 3.82. The quantitative estimate of drug-likeness (QED) is 0.675. The lowest BCUT2D eigenvalue weighted by atomic mass is 10.2. The molecule has 0 unspecified atom stereocenters. The maximum absolute atomic E-state index is 12.8. The number of carbonyl (C=O) groups is 2. The van der Waals surface area contributed by atoms with Gasteiger partial charge in [-0.2, -0.15) is 0 Å². The molecule has 0 spiro atoms. The van der Waals surface area contributed by atoms with Crippen molar-refractivity contribution in [2.75, 3.05) is 18.8 Å². The van der Waals surface area contributed by atoms with Crippen molar-refractivity contribution >= 4 is 23.5 Å². The molecule has 1 fully saturated rings. The van der Waals surface area contributed by atoms with E-state index in [1.807, 2.05) is 0 Å². The first kappa shape index (κ1) is 15.8. The van der Waals surface area contributed by atoms with E-state index in [-0.39, 0.29) is 23.3 Å². The number of rotatable bonds is 5. The van der Waals surface area contributed by atoms with Gasteiger partial charge in [-0.1, -0.05) is 0 Å². The van der Waals surface area contributed by atoms with E-state index in [4.69, 9.17) is 0 Å². The second-order valence-corrected chi connectivity index (χ2v) is 6.52. The number of H-pyrrole nitrogens is 1. The molecule has 0 bridgehead atoms. The fraction of sp³-hybridized carbons (Fsp3) is 0.294. The number of halogens is 1. The van der Waals surface area contributed by atoms with Crippen molar-refractivity contribution in [2.24, 2.45) is 0 Å². The molecule has 1 saturated heterocycles. The highest BCUT2D eigenvalue weighted by molar-refractivity contribution is 8.00. The molecule has 6 heteroatoms. The van der Waals surface area contributed by atoms with Gasteiger partial charge in [0, 0.05) is 29.7 Å². The van der Waals surface area contributed by atoms with Crippen molar-refractivity contribution < 1.29 is 14.0 Å². The van der Waals surface area contributed by atoms with Crippen molar-refractivity contribution in [2.45, 2.75) is 17.7 Å². The minimum atomic E-state index is -0.295. The number of hydrogen-bond donors (Lipinski definition) is 1. The zero-order valence-electron chi connectivity index (χ0n) is 12.5. The monoisotopic (exact) mass is 332 g/mol. The molecule has 0 aliphatic carbocycles. The van der Waals surface area contributed by atoms with Gasteiger partial charge in [-0.05, 0) is 43.2 Å². The molecule has 1 aromatic carbocycles. The van der Waals surface area contributed by atoms with Gasteiger partial charge in [0.1, 0.15) is 11.5 Å². The summed E-state index contributed by atoms with van der Waals surface area (Å²) in [6, 6.07) is 7.65. The number of amides is 1. The Hall–Kier alpha value is -2.08. The zero-order chi connectivity index (χ0) is 16.2. The van der Waals surface area contributed by atoms with E-state index >= 15 is 0 Å². The highest BCUT2D eigenvalue weighted by atomic mass is 32.2. The van der Waals surface area contributed by atoms with Crippen molar-refractivity contribution in [1.29, 1.82) is 0 Å². The Morgan fingerprint density at radius 1 is 1.17 bits per heavy atom. The first-order valence-corrected chi connectivity index (χ1v) is 8.51. The number of thioether (sulfide) groups is 1. The summed E-state index contributed by atoms with van der Waals surface area (Å²) >= 11 is 1.35. The van der Waals surface area contributed by atoms with Crippen molar-refractivity contribution in [3.8, 4) is 0 Å². The summed E-state index contributed by atoms with van der Waals surface area (Å²) in [5.41, 5.74) is 0.962. The third-order valence-corrected chi connectivity index (χ3v) is 4.82. The average Bonchev–Trinajstić information content (AvgIpc) is 3.25. The highest BCUT2D eigenvalue weighted by Crippen LogP contribution is 2.20. The molecule has 1 aliphatic heterocycles. The Balaban J connectivity index is 1.59. The van der Waals surface area contributed by atoms with Gasteiger partial charge in [0.2, 0.25) is 0 Å². The Kier molecular flexibility index (Phi) is 4.81. The topological polar surface area (TPSA) is 53.2 Å². The number of aromatic amines is 1. The van der Waals surface area contributed by atoms with Crippen LogP contribution in [0.15, 0.2) is 41.4 Å². The van der Waals surface area contributed by atoms with Crippen LogP contribution in [0.4, 0.5) is 4.39 Å². The molecule has 1 amide bonds. The molecular formula is C17H17FN2O2S. The van der Waals surface area contributed by atoms with Crippen LogP contribution in [0.5, 0.6) is 0 Å². The number of carbonyl (C=O) groups excluding carboxylic acids is 2. The number of nitrogens with zero attached hydrogens (tertiary/aromatic N) is 1. The standard InChI is InChI=1S/C17H17FN2O2S/c18-13-3-5-14(6-4-13)23-11-16(21)12-9-15(19-10-12)17(22)20-7-1-2-8-20/h3-6,9-10,19H,1-2,7-8,11H2. The largest absolute Gasteiger partial charge is 0.356 e. The second kappa shape index (κ2) is 7.00. The molecular weight excluding hydrogens is 315 g/mol. The molecule has 0 atom stereocenters. The van der Waals surface area contributed by atoms with Crippen LogP contribution in [0.2, 0.25) is 0 Å².